The molecule has 1 amide bonds. The minimum absolute atomic E-state index is 0.156. The fourth-order valence-electron chi connectivity index (χ4n) is 2.19. The Bertz CT molecular complexity index is 453. The van der Waals surface area contributed by atoms with E-state index in [1.54, 1.807) is 0 Å². The highest BCUT2D eigenvalue weighted by molar-refractivity contribution is 9.10. The molecule has 1 heterocycles. The van der Waals surface area contributed by atoms with E-state index in [9.17, 15) is 9.18 Å². The van der Waals surface area contributed by atoms with Crippen molar-refractivity contribution in [1.29, 1.82) is 0 Å². The van der Waals surface area contributed by atoms with Crippen LogP contribution in [-0.2, 0) is 0 Å². The van der Waals surface area contributed by atoms with Gasteiger partial charge in [0.05, 0.1) is 4.47 Å². The third-order valence-electron chi connectivity index (χ3n) is 3.35. The molecule has 0 aliphatic carbocycles. The number of rotatable bonds is 3. The largest absolute Gasteiger partial charge is 0.350 e. The van der Waals surface area contributed by atoms with Gasteiger partial charge >= 0.3 is 0 Å². The molecule has 1 N–H and O–H groups in total. The highest BCUT2D eigenvalue weighted by Gasteiger charge is 2.21. The lowest BCUT2D eigenvalue weighted by Gasteiger charge is -2.19. The fourth-order valence-corrected chi connectivity index (χ4v) is 2.57. The number of benzene rings is 1. The van der Waals surface area contributed by atoms with Crippen LogP contribution in [0, 0.1) is 5.82 Å². The van der Waals surface area contributed by atoms with E-state index in [0.29, 0.717) is 22.6 Å². The molecule has 1 aliphatic heterocycles. The Labute approximate surface area is 114 Å². The van der Waals surface area contributed by atoms with E-state index in [1.165, 1.54) is 24.6 Å². The lowest BCUT2D eigenvalue weighted by atomic mass is 10.2. The highest BCUT2D eigenvalue weighted by Crippen LogP contribution is 2.17. The molecule has 5 heteroatoms. The standard InChI is InChI=1S/C13H16BrFN2O/c1-17-6-2-3-10(17)8-16-13(18)9-4-5-12(15)11(14)7-9/h4-5,7,10H,2-3,6,8H2,1H3,(H,16,18). The Morgan fingerprint density at radius 1 is 1.61 bits per heavy atom. The van der Waals surface area contributed by atoms with Crippen molar-refractivity contribution in [3.8, 4) is 0 Å². The molecule has 1 aliphatic rings. The molecule has 1 aromatic carbocycles. The van der Waals surface area contributed by atoms with Crippen LogP contribution < -0.4 is 5.32 Å². The van der Waals surface area contributed by atoms with Crippen LogP contribution in [0.3, 0.4) is 0 Å². The molecule has 1 fully saturated rings. The van der Waals surface area contributed by atoms with Crippen LogP contribution in [0.2, 0.25) is 0 Å². The number of hydrogen-bond acceptors (Lipinski definition) is 2. The van der Waals surface area contributed by atoms with Crippen molar-refractivity contribution in [2.75, 3.05) is 20.1 Å². The molecule has 98 valence electrons. The van der Waals surface area contributed by atoms with Gasteiger partial charge in [-0.2, -0.15) is 0 Å². The summed E-state index contributed by atoms with van der Waals surface area (Å²) in [5, 5.41) is 2.89. The van der Waals surface area contributed by atoms with Crippen molar-refractivity contribution in [3.63, 3.8) is 0 Å². The summed E-state index contributed by atoms with van der Waals surface area (Å²) >= 11 is 3.08. The zero-order valence-corrected chi connectivity index (χ0v) is 11.8. The fraction of sp³-hybridized carbons (Fsp3) is 0.462. The van der Waals surface area contributed by atoms with Crippen molar-refractivity contribution in [2.24, 2.45) is 0 Å². The minimum Gasteiger partial charge on any atom is -0.350 e. The van der Waals surface area contributed by atoms with Gasteiger partial charge in [0.2, 0.25) is 0 Å². The van der Waals surface area contributed by atoms with Crippen molar-refractivity contribution < 1.29 is 9.18 Å². The van der Waals surface area contributed by atoms with Crippen LogP contribution in [0.25, 0.3) is 0 Å². The smallest absolute Gasteiger partial charge is 0.251 e. The van der Waals surface area contributed by atoms with Crippen LogP contribution in [-0.4, -0.2) is 37.0 Å². The van der Waals surface area contributed by atoms with Crippen LogP contribution in [0.1, 0.15) is 23.2 Å². The van der Waals surface area contributed by atoms with E-state index in [0.717, 1.165) is 13.0 Å². The molecule has 0 spiro atoms. The summed E-state index contributed by atoms with van der Waals surface area (Å²) in [5.41, 5.74) is 0.476. The first-order valence-electron chi connectivity index (χ1n) is 6.01. The number of nitrogens with zero attached hydrogens (tertiary/aromatic N) is 1. The van der Waals surface area contributed by atoms with E-state index >= 15 is 0 Å². The molecule has 1 unspecified atom stereocenters. The quantitative estimate of drug-likeness (QED) is 0.929. The monoisotopic (exact) mass is 314 g/mol. The number of likely N-dealkylation sites (tertiary alicyclic amines) is 1. The molecular weight excluding hydrogens is 299 g/mol. The Morgan fingerprint density at radius 2 is 2.39 bits per heavy atom. The molecule has 0 bridgehead atoms. The van der Waals surface area contributed by atoms with Gasteiger partial charge in [0.15, 0.2) is 0 Å². The maximum absolute atomic E-state index is 13.1. The Balaban J connectivity index is 1.93. The number of amides is 1. The van der Waals surface area contributed by atoms with Gasteiger partial charge in [-0.3, -0.25) is 4.79 Å². The Hall–Kier alpha value is -0.940. The van der Waals surface area contributed by atoms with Crippen LogP contribution >= 0.6 is 15.9 Å². The summed E-state index contributed by atoms with van der Waals surface area (Å²) in [7, 11) is 2.07. The number of likely N-dealkylation sites (N-methyl/N-ethyl adjacent to an activating group) is 1. The van der Waals surface area contributed by atoms with Gasteiger partial charge in [-0.05, 0) is 60.6 Å². The van der Waals surface area contributed by atoms with Crippen molar-refractivity contribution in [2.45, 2.75) is 18.9 Å². The maximum Gasteiger partial charge on any atom is 0.251 e. The van der Waals surface area contributed by atoms with Gasteiger partial charge in [0.25, 0.3) is 5.91 Å². The number of carbonyl (C=O) groups excluding carboxylic acids is 1. The van der Waals surface area contributed by atoms with Gasteiger partial charge in [-0.25, -0.2) is 4.39 Å². The van der Waals surface area contributed by atoms with E-state index in [4.69, 9.17) is 0 Å². The number of hydrogen-bond donors (Lipinski definition) is 1. The van der Waals surface area contributed by atoms with Gasteiger partial charge in [0, 0.05) is 18.2 Å². The molecule has 2 rings (SSSR count). The number of halogens is 2. The van der Waals surface area contributed by atoms with Crippen molar-refractivity contribution >= 4 is 21.8 Å². The molecule has 18 heavy (non-hydrogen) atoms. The first-order chi connectivity index (χ1) is 8.58. The average Bonchev–Trinajstić information content (AvgIpc) is 2.75. The predicted molar refractivity (Wildman–Crippen MR) is 72.1 cm³/mol. The van der Waals surface area contributed by atoms with Gasteiger partial charge in [0.1, 0.15) is 5.82 Å². The summed E-state index contributed by atoms with van der Waals surface area (Å²) in [6, 6.07) is 4.70. The summed E-state index contributed by atoms with van der Waals surface area (Å²) in [5.74, 6) is -0.516. The second kappa shape index (κ2) is 5.80. The number of carbonyl (C=O) groups is 1. The van der Waals surface area contributed by atoms with E-state index in [1.807, 2.05) is 0 Å². The first-order valence-corrected chi connectivity index (χ1v) is 6.80. The van der Waals surface area contributed by atoms with Gasteiger partial charge in [-0.1, -0.05) is 0 Å². The summed E-state index contributed by atoms with van der Waals surface area (Å²) in [4.78, 5) is 14.1. The average molecular weight is 315 g/mol. The zero-order valence-electron chi connectivity index (χ0n) is 10.2. The molecule has 0 aromatic heterocycles. The van der Waals surface area contributed by atoms with E-state index in [2.05, 4.69) is 33.2 Å². The zero-order chi connectivity index (χ0) is 13.1. The summed E-state index contributed by atoms with van der Waals surface area (Å²) < 4.78 is 13.4. The SMILES string of the molecule is CN1CCCC1CNC(=O)c1ccc(F)c(Br)c1. The first kappa shape index (κ1) is 13.5. The summed E-state index contributed by atoms with van der Waals surface area (Å²) in [6.45, 7) is 1.73. The minimum atomic E-state index is -0.359. The molecule has 1 aromatic rings. The number of nitrogens with one attached hydrogen (secondary N) is 1. The lowest BCUT2D eigenvalue weighted by Crippen LogP contribution is -2.38. The van der Waals surface area contributed by atoms with Crippen molar-refractivity contribution in [1.82, 2.24) is 10.2 Å². The lowest BCUT2D eigenvalue weighted by molar-refractivity contribution is 0.0943. The molecule has 1 atom stereocenters. The summed E-state index contributed by atoms with van der Waals surface area (Å²) in [6.07, 6.45) is 2.29. The van der Waals surface area contributed by atoms with Gasteiger partial charge < -0.3 is 10.2 Å². The van der Waals surface area contributed by atoms with Crippen molar-refractivity contribution in [3.05, 3.63) is 34.1 Å². The molecular formula is C13H16BrFN2O. The molecule has 1 saturated heterocycles. The third-order valence-corrected chi connectivity index (χ3v) is 3.96. The Morgan fingerprint density at radius 3 is 3.00 bits per heavy atom. The van der Waals surface area contributed by atoms with E-state index in [-0.39, 0.29) is 11.7 Å². The highest BCUT2D eigenvalue weighted by atomic mass is 79.9. The van der Waals surface area contributed by atoms with Crippen LogP contribution in [0.15, 0.2) is 22.7 Å². The predicted octanol–water partition coefficient (Wildman–Crippen LogP) is 2.41. The second-order valence-corrected chi connectivity index (χ2v) is 5.47. The van der Waals surface area contributed by atoms with Crippen LogP contribution in [0.4, 0.5) is 4.39 Å². The topological polar surface area (TPSA) is 32.3 Å². The third kappa shape index (κ3) is 3.09. The van der Waals surface area contributed by atoms with Gasteiger partial charge in [-0.15, -0.1) is 0 Å². The Kier molecular flexibility index (Phi) is 4.35. The maximum atomic E-state index is 13.1. The normalized spacial score (nSPS) is 20.1. The molecule has 3 nitrogen and oxygen atoms in total. The molecule has 0 radical (unpaired) electrons. The molecule has 0 saturated carbocycles. The second-order valence-electron chi connectivity index (χ2n) is 4.62. The van der Waals surface area contributed by atoms with Crippen LogP contribution in [0.5, 0.6) is 0 Å². The van der Waals surface area contributed by atoms with E-state index < -0.39 is 0 Å².